The number of pyridine rings is 1. The summed E-state index contributed by atoms with van der Waals surface area (Å²) in [5.41, 5.74) is 1.15. The van der Waals surface area contributed by atoms with Gasteiger partial charge in [0.2, 0.25) is 0 Å². The first-order chi connectivity index (χ1) is 9.65. The molecule has 2 unspecified atom stereocenters. The number of aliphatic hydroxyl groups is 1. The molecule has 20 heavy (non-hydrogen) atoms. The molecular formula is C16H20N2O2. The molecule has 1 N–H and O–H groups in total. The van der Waals surface area contributed by atoms with Crippen LogP contribution in [0.2, 0.25) is 0 Å². The molecule has 2 heterocycles. The average molecular weight is 272 g/mol. The zero-order valence-electron chi connectivity index (χ0n) is 12.0. The zero-order chi connectivity index (χ0) is 14.5. The first-order valence-electron chi connectivity index (χ1n) is 7.00. The summed E-state index contributed by atoms with van der Waals surface area (Å²) in [5.74, 6) is 5.90. The van der Waals surface area contributed by atoms with Gasteiger partial charge in [0.1, 0.15) is 6.61 Å². The minimum Gasteiger partial charge on any atom is -0.384 e. The molecule has 1 aromatic rings. The van der Waals surface area contributed by atoms with Gasteiger partial charge in [0, 0.05) is 25.0 Å². The molecule has 0 aromatic carbocycles. The third-order valence-corrected chi connectivity index (χ3v) is 3.99. The van der Waals surface area contributed by atoms with E-state index in [0.29, 0.717) is 17.0 Å². The van der Waals surface area contributed by atoms with Crippen LogP contribution >= 0.6 is 0 Å². The number of rotatable bonds is 1. The van der Waals surface area contributed by atoms with Gasteiger partial charge in [0.05, 0.1) is 11.1 Å². The fourth-order valence-corrected chi connectivity index (χ4v) is 2.59. The minimum absolute atomic E-state index is 0.00805. The molecule has 1 aliphatic rings. The van der Waals surface area contributed by atoms with Crippen LogP contribution in [0.5, 0.6) is 0 Å². The Balaban J connectivity index is 2.29. The smallest absolute Gasteiger partial charge is 0.255 e. The summed E-state index contributed by atoms with van der Waals surface area (Å²) in [6, 6.07) is 1.94. The topological polar surface area (TPSA) is 53.4 Å². The maximum Gasteiger partial charge on any atom is 0.255 e. The molecule has 0 spiro atoms. The van der Waals surface area contributed by atoms with Crippen LogP contribution in [-0.2, 0) is 0 Å². The molecule has 4 heteroatoms. The second-order valence-electron chi connectivity index (χ2n) is 5.24. The molecule has 106 valence electrons. The molecule has 1 saturated heterocycles. The normalized spacial score (nSPS) is 22.1. The minimum atomic E-state index is -0.223. The fraction of sp³-hybridized carbons (Fsp3) is 0.500. The van der Waals surface area contributed by atoms with Crippen LogP contribution in [0.25, 0.3) is 0 Å². The van der Waals surface area contributed by atoms with Crippen LogP contribution in [0.4, 0.5) is 0 Å². The highest BCUT2D eigenvalue weighted by molar-refractivity contribution is 5.96. The highest BCUT2D eigenvalue weighted by Gasteiger charge is 2.29. The van der Waals surface area contributed by atoms with Crippen LogP contribution in [0.3, 0.4) is 0 Å². The van der Waals surface area contributed by atoms with Gasteiger partial charge in [-0.05, 0) is 31.7 Å². The Kier molecular flexibility index (Phi) is 4.75. The lowest BCUT2D eigenvalue weighted by Gasteiger charge is -2.38. The summed E-state index contributed by atoms with van der Waals surface area (Å²) in [5, 5.41) is 8.79. The average Bonchev–Trinajstić information content (AvgIpc) is 2.47. The first kappa shape index (κ1) is 14.5. The number of carbonyl (C=O) groups excluding carboxylic acids is 1. The molecule has 0 radical (unpaired) electrons. The van der Waals surface area contributed by atoms with Crippen molar-refractivity contribution in [3.8, 4) is 11.8 Å². The largest absolute Gasteiger partial charge is 0.384 e. The van der Waals surface area contributed by atoms with Crippen molar-refractivity contribution in [3.63, 3.8) is 0 Å². The number of aliphatic hydroxyl groups excluding tert-OH is 1. The summed E-state index contributed by atoms with van der Waals surface area (Å²) >= 11 is 0. The van der Waals surface area contributed by atoms with Gasteiger partial charge in [-0.3, -0.25) is 9.78 Å². The number of piperidine rings is 1. The van der Waals surface area contributed by atoms with Crippen LogP contribution in [-0.4, -0.2) is 40.1 Å². The van der Waals surface area contributed by atoms with E-state index >= 15 is 0 Å². The first-order valence-corrected chi connectivity index (χ1v) is 7.00. The summed E-state index contributed by atoms with van der Waals surface area (Å²) in [7, 11) is 0. The summed E-state index contributed by atoms with van der Waals surface area (Å²) in [6.07, 6.45) is 5.39. The molecule has 4 nitrogen and oxygen atoms in total. The summed E-state index contributed by atoms with van der Waals surface area (Å²) in [6.45, 7) is 4.85. The summed E-state index contributed by atoms with van der Waals surface area (Å²) in [4.78, 5) is 18.6. The van der Waals surface area contributed by atoms with Gasteiger partial charge >= 0.3 is 0 Å². The van der Waals surface area contributed by atoms with Crippen LogP contribution in [0, 0.1) is 17.8 Å². The van der Waals surface area contributed by atoms with E-state index in [4.69, 9.17) is 5.11 Å². The maximum absolute atomic E-state index is 12.7. The predicted molar refractivity (Wildman–Crippen MR) is 77.1 cm³/mol. The summed E-state index contributed by atoms with van der Waals surface area (Å²) < 4.78 is 0. The SMILES string of the molecule is CC1CCCN(C(=O)c2ccncc2C#CCO)C1C. The molecule has 1 amide bonds. The third kappa shape index (κ3) is 3.00. The fourth-order valence-electron chi connectivity index (χ4n) is 2.59. The van der Waals surface area contributed by atoms with E-state index < -0.39 is 0 Å². The van der Waals surface area contributed by atoms with Crippen molar-refractivity contribution in [3.05, 3.63) is 29.6 Å². The predicted octanol–water partition coefficient (Wildman–Crippen LogP) is 1.69. The molecule has 1 aliphatic heterocycles. The van der Waals surface area contributed by atoms with E-state index in [1.54, 1.807) is 18.5 Å². The molecule has 2 atom stereocenters. The van der Waals surface area contributed by atoms with Crippen molar-refractivity contribution in [2.24, 2.45) is 5.92 Å². The van der Waals surface area contributed by atoms with E-state index in [0.717, 1.165) is 13.0 Å². The maximum atomic E-state index is 12.7. The van der Waals surface area contributed by atoms with Gasteiger partial charge in [-0.25, -0.2) is 0 Å². The standard InChI is InChI=1S/C16H20N2O2/c1-12-5-3-9-18(13(12)2)16(20)15-7-8-17-11-14(15)6-4-10-19/h7-8,11-13,19H,3,5,9-10H2,1-2H3. The lowest BCUT2D eigenvalue weighted by molar-refractivity contribution is 0.0550. The molecule has 1 fully saturated rings. The van der Waals surface area contributed by atoms with Crippen LogP contribution < -0.4 is 0 Å². The number of amides is 1. The van der Waals surface area contributed by atoms with Crippen molar-refractivity contribution >= 4 is 5.91 Å². The Bertz CT molecular complexity index is 545. The Morgan fingerprint density at radius 3 is 3.10 bits per heavy atom. The van der Waals surface area contributed by atoms with Crippen molar-refractivity contribution < 1.29 is 9.90 Å². The zero-order valence-corrected chi connectivity index (χ0v) is 12.0. The molecule has 1 aromatic heterocycles. The second-order valence-corrected chi connectivity index (χ2v) is 5.24. The second kappa shape index (κ2) is 6.53. The Hall–Kier alpha value is -1.86. The van der Waals surface area contributed by atoms with Gasteiger partial charge in [0.25, 0.3) is 5.91 Å². The molecule has 0 bridgehead atoms. The molecule has 0 aliphatic carbocycles. The molecule has 0 saturated carbocycles. The van der Waals surface area contributed by atoms with E-state index in [1.165, 1.54) is 6.42 Å². The van der Waals surface area contributed by atoms with Crippen molar-refractivity contribution in [2.45, 2.75) is 32.7 Å². The van der Waals surface area contributed by atoms with Crippen molar-refractivity contribution in [1.82, 2.24) is 9.88 Å². The van der Waals surface area contributed by atoms with Crippen molar-refractivity contribution in [2.75, 3.05) is 13.2 Å². The number of carbonyl (C=O) groups is 1. The van der Waals surface area contributed by atoms with Gasteiger partial charge < -0.3 is 10.0 Å². The molecule has 2 rings (SSSR count). The van der Waals surface area contributed by atoms with Gasteiger partial charge in [0.15, 0.2) is 0 Å². The van der Waals surface area contributed by atoms with Crippen LogP contribution in [0.1, 0.15) is 42.6 Å². The number of hydrogen-bond acceptors (Lipinski definition) is 3. The van der Waals surface area contributed by atoms with E-state index in [1.807, 2.05) is 4.90 Å². The van der Waals surface area contributed by atoms with Gasteiger partial charge in [-0.15, -0.1) is 0 Å². The Labute approximate surface area is 119 Å². The monoisotopic (exact) mass is 272 g/mol. The van der Waals surface area contributed by atoms with E-state index in [-0.39, 0.29) is 18.6 Å². The molecular weight excluding hydrogens is 252 g/mol. The van der Waals surface area contributed by atoms with Crippen LogP contribution in [0.15, 0.2) is 18.5 Å². The van der Waals surface area contributed by atoms with Gasteiger partial charge in [-0.1, -0.05) is 18.8 Å². The Morgan fingerprint density at radius 1 is 1.55 bits per heavy atom. The lowest BCUT2D eigenvalue weighted by atomic mass is 9.91. The lowest BCUT2D eigenvalue weighted by Crippen LogP contribution is -2.46. The highest BCUT2D eigenvalue weighted by atomic mass is 16.2. The van der Waals surface area contributed by atoms with Crippen molar-refractivity contribution in [1.29, 1.82) is 0 Å². The number of nitrogens with zero attached hydrogens (tertiary/aromatic N) is 2. The van der Waals surface area contributed by atoms with E-state index in [9.17, 15) is 4.79 Å². The highest BCUT2D eigenvalue weighted by Crippen LogP contribution is 2.25. The van der Waals surface area contributed by atoms with Gasteiger partial charge in [-0.2, -0.15) is 0 Å². The quantitative estimate of drug-likeness (QED) is 0.791. The number of hydrogen-bond donors (Lipinski definition) is 1. The Morgan fingerprint density at radius 2 is 2.35 bits per heavy atom. The van der Waals surface area contributed by atoms with E-state index in [2.05, 4.69) is 30.7 Å². The number of aromatic nitrogens is 1. The third-order valence-electron chi connectivity index (χ3n) is 3.99. The number of likely N-dealkylation sites (tertiary alicyclic amines) is 1.